The number of aromatic nitrogens is 3. The number of carbonyl (C=O) groups excluding carboxylic acids is 3. The highest BCUT2D eigenvalue weighted by atomic mass is 16.3. The number of hydrogen-bond acceptors (Lipinski definition) is 6. The van der Waals surface area contributed by atoms with Crippen molar-refractivity contribution in [1.29, 1.82) is 0 Å². The summed E-state index contributed by atoms with van der Waals surface area (Å²) in [6.07, 6.45) is 7.74. The first kappa shape index (κ1) is 33.5. The lowest BCUT2D eigenvalue weighted by atomic mass is 9.93. The van der Waals surface area contributed by atoms with E-state index in [2.05, 4.69) is 24.1 Å². The average Bonchev–Trinajstić information content (AvgIpc) is 3.48. The Morgan fingerprint density at radius 2 is 1.72 bits per heavy atom. The number of nitrogens with zero attached hydrogens (tertiary/aromatic N) is 5. The van der Waals surface area contributed by atoms with Gasteiger partial charge in [-0.2, -0.15) is 5.10 Å². The van der Waals surface area contributed by atoms with E-state index < -0.39 is 6.04 Å². The van der Waals surface area contributed by atoms with Gasteiger partial charge in [-0.05, 0) is 73.2 Å². The zero-order chi connectivity index (χ0) is 33.3. The number of hydrogen-bond donors (Lipinski definition) is 2. The highest BCUT2D eigenvalue weighted by Crippen LogP contribution is 2.29. The highest BCUT2D eigenvalue weighted by molar-refractivity contribution is 6.01. The standard InChI is InChI=1S/C37H44N6O4/c1-4-6-17-41(18-7-5-2)37(47)33-19-26(3)43(40-33)34-15-14-30(39-35(45)20-27-11-10-16-38-23-27)22-32(34)36(46)42-24-29-13-9-8-12-28(29)21-31(42)25-44/h8-16,19,22-23,31,44H,4-7,17-18,20-21,24-25H2,1-3H3,(H,39,45)/t31-/m0/s1. The zero-order valence-corrected chi connectivity index (χ0v) is 27.5. The van der Waals surface area contributed by atoms with Gasteiger partial charge in [-0.15, -0.1) is 0 Å². The summed E-state index contributed by atoms with van der Waals surface area (Å²) < 4.78 is 1.63. The number of aliphatic hydroxyl groups is 1. The number of benzene rings is 2. The van der Waals surface area contributed by atoms with Gasteiger partial charge in [-0.3, -0.25) is 19.4 Å². The Labute approximate surface area is 276 Å². The molecule has 1 aliphatic rings. The number of nitrogens with one attached hydrogen (secondary N) is 1. The van der Waals surface area contributed by atoms with Crippen LogP contribution in [0.1, 0.15) is 82.8 Å². The Kier molecular flexibility index (Phi) is 11.2. The molecule has 0 fully saturated rings. The molecule has 0 radical (unpaired) electrons. The Bertz CT molecular complexity index is 1690. The van der Waals surface area contributed by atoms with Crippen LogP contribution in [-0.4, -0.2) is 73.1 Å². The molecule has 1 atom stereocenters. The second kappa shape index (κ2) is 15.6. The monoisotopic (exact) mass is 636 g/mol. The van der Waals surface area contributed by atoms with Crippen LogP contribution < -0.4 is 5.32 Å². The van der Waals surface area contributed by atoms with E-state index in [9.17, 15) is 19.5 Å². The largest absolute Gasteiger partial charge is 0.394 e. The minimum Gasteiger partial charge on any atom is -0.394 e. The first-order chi connectivity index (χ1) is 22.8. The van der Waals surface area contributed by atoms with Gasteiger partial charge in [0.2, 0.25) is 5.91 Å². The first-order valence-corrected chi connectivity index (χ1v) is 16.5. The topological polar surface area (TPSA) is 121 Å². The molecule has 1 aliphatic heterocycles. The van der Waals surface area contributed by atoms with E-state index in [0.29, 0.717) is 54.4 Å². The van der Waals surface area contributed by atoms with Crippen LogP contribution in [0, 0.1) is 6.92 Å². The minimum atomic E-state index is -0.421. The van der Waals surface area contributed by atoms with Crippen LogP contribution in [-0.2, 0) is 24.2 Å². The number of fused-ring (bicyclic) bond motifs is 1. The van der Waals surface area contributed by atoms with Crippen LogP contribution in [0.4, 0.5) is 5.69 Å². The number of pyridine rings is 1. The molecule has 10 nitrogen and oxygen atoms in total. The van der Waals surface area contributed by atoms with Gasteiger partial charge < -0.3 is 20.2 Å². The molecule has 0 saturated heterocycles. The van der Waals surface area contributed by atoms with Gasteiger partial charge in [0.05, 0.1) is 30.3 Å². The van der Waals surface area contributed by atoms with Crippen molar-refractivity contribution in [3.05, 3.63) is 107 Å². The molecule has 3 amide bonds. The van der Waals surface area contributed by atoms with Crippen LogP contribution in [0.15, 0.2) is 73.1 Å². The molecule has 47 heavy (non-hydrogen) atoms. The number of unbranched alkanes of at least 4 members (excludes halogenated alkanes) is 2. The lowest BCUT2D eigenvalue weighted by molar-refractivity contribution is -0.115. The third-order valence-corrected chi connectivity index (χ3v) is 8.61. The molecule has 0 aliphatic carbocycles. The van der Waals surface area contributed by atoms with Gasteiger partial charge in [-0.25, -0.2) is 4.68 Å². The van der Waals surface area contributed by atoms with Crippen LogP contribution in [0.25, 0.3) is 5.69 Å². The molecule has 5 rings (SSSR count). The van der Waals surface area contributed by atoms with Crippen molar-refractivity contribution in [3.63, 3.8) is 0 Å². The summed E-state index contributed by atoms with van der Waals surface area (Å²) in [6, 6.07) is 18.0. The fourth-order valence-corrected chi connectivity index (χ4v) is 6.00. The van der Waals surface area contributed by atoms with E-state index in [0.717, 1.165) is 42.4 Å². The summed E-state index contributed by atoms with van der Waals surface area (Å²) in [5, 5.41) is 18.0. The average molecular weight is 637 g/mol. The normalized spacial score (nSPS) is 14.0. The van der Waals surface area contributed by atoms with Crippen LogP contribution >= 0.6 is 0 Å². The number of amides is 3. The van der Waals surface area contributed by atoms with E-state index in [1.54, 1.807) is 52.3 Å². The summed E-state index contributed by atoms with van der Waals surface area (Å²) in [6.45, 7) is 7.54. The third kappa shape index (κ3) is 7.94. The highest BCUT2D eigenvalue weighted by Gasteiger charge is 2.32. The Hall–Kier alpha value is -4.83. The van der Waals surface area contributed by atoms with Gasteiger partial charge in [0.25, 0.3) is 11.8 Å². The second-order valence-electron chi connectivity index (χ2n) is 12.1. The molecule has 2 aromatic carbocycles. The van der Waals surface area contributed by atoms with Gasteiger partial charge in [0.1, 0.15) is 0 Å². The van der Waals surface area contributed by atoms with Crippen LogP contribution in [0.5, 0.6) is 0 Å². The zero-order valence-electron chi connectivity index (χ0n) is 27.5. The Morgan fingerprint density at radius 1 is 0.979 bits per heavy atom. The lowest BCUT2D eigenvalue weighted by Gasteiger charge is -2.36. The minimum absolute atomic E-state index is 0.130. The molecule has 0 saturated carbocycles. The molecule has 246 valence electrons. The summed E-state index contributed by atoms with van der Waals surface area (Å²) >= 11 is 0. The Balaban J connectivity index is 1.51. The molecular formula is C37H44N6O4. The molecule has 2 aromatic heterocycles. The van der Waals surface area contributed by atoms with Crippen molar-refractivity contribution >= 4 is 23.4 Å². The summed E-state index contributed by atoms with van der Waals surface area (Å²) in [7, 11) is 0. The number of aryl methyl sites for hydroxylation is 1. The number of carbonyl (C=O) groups is 3. The van der Waals surface area contributed by atoms with Crippen molar-refractivity contribution in [3.8, 4) is 5.69 Å². The lowest BCUT2D eigenvalue weighted by Crippen LogP contribution is -2.46. The number of anilines is 1. The van der Waals surface area contributed by atoms with Gasteiger partial charge in [0.15, 0.2) is 5.69 Å². The van der Waals surface area contributed by atoms with Crippen molar-refractivity contribution in [2.24, 2.45) is 0 Å². The molecule has 10 heteroatoms. The predicted octanol–water partition coefficient (Wildman–Crippen LogP) is 5.36. The molecule has 4 aromatic rings. The smallest absolute Gasteiger partial charge is 0.274 e. The second-order valence-corrected chi connectivity index (χ2v) is 12.1. The predicted molar refractivity (Wildman–Crippen MR) is 181 cm³/mol. The fraction of sp³-hybridized carbons (Fsp3) is 0.378. The van der Waals surface area contributed by atoms with Crippen molar-refractivity contribution < 1.29 is 19.5 Å². The van der Waals surface area contributed by atoms with Crippen molar-refractivity contribution in [2.45, 2.75) is 71.9 Å². The van der Waals surface area contributed by atoms with E-state index in [1.807, 2.05) is 42.2 Å². The van der Waals surface area contributed by atoms with Gasteiger partial charge in [-0.1, -0.05) is 57.0 Å². The van der Waals surface area contributed by atoms with Gasteiger partial charge in [0, 0.05) is 43.4 Å². The first-order valence-electron chi connectivity index (χ1n) is 16.5. The summed E-state index contributed by atoms with van der Waals surface area (Å²) in [4.78, 5) is 48.7. The number of aliphatic hydroxyl groups excluding tert-OH is 1. The van der Waals surface area contributed by atoms with Gasteiger partial charge >= 0.3 is 0 Å². The maximum atomic E-state index is 14.5. The summed E-state index contributed by atoms with van der Waals surface area (Å²) in [5.74, 6) is -0.673. The van der Waals surface area contributed by atoms with E-state index in [-0.39, 0.29) is 30.7 Å². The molecule has 0 spiro atoms. The molecule has 2 N–H and O–H groups in total. The molecule has 3 heterocycles. The maximum Gasteiger partial charge on any atom is 0.274 e. The quantitative estimate of drug-likeness (QED) is 0.204. The van der Waals surface area contributed by atoms with Crippen molar-refractivity contribution in [2.75, 3.05) is 25.0 Å². The third-order valence-electron chi connectivity index (χ3n) is 8.61. The molecule has 0 bridgehead atoms. The fourth-order valence-electron chi connectivity index (χ4n) is 6.00. The maximum absolute atomic E-state index is 14.5. The molecular weight excluding hydrogens is 592 g/mol. The van der Waals surface area contributed by atoms with Crippen LogP contribution in [0.3, 0.4) is 0 Å². The SMILES string of the molecule is CCCCN(CCCC)C(=O)c1cc(C)n(-c2ccc(NC(=O)Cc3cccnc3)cc2C(=O)N2Cc3ccccc3C[C@H]2CO)n1. The number of rotatable bonds is 13. The van der Waals surface area contributed by atoms with E-state index >= 15 is 0 Å². The molecule has 0 unspecified atom stereocenters. The summed E-state index contributed by atoms with van der Waals surface area (Å²) in [5.41, 5.74) is 5.17. The van der Waals surface area contributed by atoms with E-state index in [4.69, 9.17) is 5.10 Å². The van der Waals surface area contributed by atoms with Crippen LogP contribution in [0.2, 0.25) is 0 Å². The van der Waals surface area contributed by atoms with Crippen molar-refractivity contribution in [1.82, 2.24) is 24.6 Å². The van der Waals surface area contributed by atoms with E-state index in [1.165, 1.54) is 0 Å². The Morgan fingerprint density at radius 3 is 2.40 bits per heavy atom.